The largest absolute Gasteiger partial charge is 0.486 e. The molecule has 1 amide bonds. The number of fused-ring (bicyclic) bond motifs is 1. The van der Waals surface area contributed by atoms with Crippen LogP contribution in [0.25, 0.3) is 22.1 Å². The first-order valence-corrected chi connectivity index (χ1v) is 11.5. The summed E-state index contributed by atoms with van der Waals surface area (Å²) in [6.45, 7) is 1.94. The Bertz CT molecular complexity index is 1190. The molecule has 0 unspecified atom stereocenters. The minimum atomic E-state index is -2.74. The number of amides is 1. The van der Waals surface area contributed by atoms with Gasteiger partial charge in [0.15, 0.2) is 11.3 Å². The van der Waals surface area contributed by atoms with Crippen LogP contribution in [-0.2, 0) is 6.42 Å². The van der Waals surface area contributed by atoms with E-state index in [0.717, 1.165) is 36.8 Å². The van der Waals surface area contributed by atoms with E-state index in [1.54, 1.807) is 18.2 Å². The number of carbonyl (C=O) groups is 1. The Labute approximate surface area is 190 Å². The quantitative estimate of drug-likeness (QED) is 0.433. The first-order valence-electron chi connectivity index (χ1n) is 11.5. The lowest BCUT2D eigenvalue weighted by atomic mass is 9.96. The van der Waals surface area contributed by atoms with E-state index in [2.05, 4.69) is 0 Å². The van der Waals surface area contributed by atoms with Crippen molar-refractivity contribution in [2.75, 3.05) is 13.1 Å². The van der Waals surface area contributed by atoms with Gasteiger partial charge in [0.25, 0.3) is 11.8 Å². The van der Waals surface area contributed by atoms with Gasteiger partial charge in [-0.1, -0.05) is 13.0 Å². The van der Waals surface area contributed by atoms with Crippen LogP contribution in [0.4, 0.5) is 13.2 Å². The van der Waals surface area contributed by atoms with Gasteiger partial charge < -0.3 is 14.1 Å². The van der Waals surface area contributed by atoms with Crippen LogP contribution in [0.3, 0.4) is 0 Å². The standard InChI is InChI=1S/C26H26F3NO3/c1-2-19-13-18-12-17(15-23(24(18)33-19)32-20-4-3-5-20)21-7-6-16(14-22(21)27)25(31)30-10-8-26(28,29)9-11-30/h6-7,12-15,20H,2-5,8-11H2,1H3. The van der Waals surface area contributed by atoms with E-state index < -0.39 is 17.6 Å². The monoisotopic (exact) mass is 457 g/mol. The van der Waals surface area contributed by atoms with Gasteiger partial charge in [-0.3, -0.25) is 4.79 Å². The second-order valence-electron chi connectivity index (χ2n) is 8.97. The molecule has 0 N–H and O–H groups in total. The van der Waals surface area contributed by atoms with Gasteiger partial charge in [0, 0.05) is 48.9 Å². The topological polar surface area (TPSA) is 42.7 Å². The highest BCUT2D eigenvalue weighted by atomic mass is 19.3. The third kappa shape index (κ3) is 4.33. The van der Waals surface area contributed by atoms with Crippen LogP contribution in [0, 0.1) is 5.82 Å². The van der Waals surface area contributed by atoms with Crippen LogP contribution in [0.15, 0.2) is 40.8 Å². The Balaban J connectivity index is 1.45. The number of nitrogens with zero attached hydrogens (tertiary/aromatic N) is 1. The highest BCUT2D eigenvalue weighted by molar-refractivity contribution is 5.95. The molecule has 174 valence electrons. The molecule has 4 nitrogen and oxygen atoms in total. The van der Waals surface area contributed by atoms with Crippen LogP contribution in [0.5, 0.6) is 5.75 Å². The predicted octanol–water partition coefficient (Wildman–Crippen LogP) is 6.60. The summed E-state index contributed by atoms with van der Waals surface area (Å²) in [5.74, 6) is -2.29. The van der Waals surface area contributed by atoms with Crippen LogP contribution < -0.4 is 4.74 Å². The number of hydrogen-bond donors (Lipinski definition) is 0. The Morgan fingerprint density at radius 2 is 1.91 bits per heavy atom. The lowest BCUT2D eigenvalue weighted by molar-refractivity contribution is -0.0494. The molecule has 1 aliphatic heterocycles. The molecule has 2 aliphatic rings. The summed E-state index contributed by atoms with van der Waals surface area (Å²) in [6, 6.07) is 9.89. The minimum Gasteiger partial charge on any atom is -0.486 e. The van der Waals surface area contributed by atoms with Gasteiger partial charge in [0.1, 0.15) is 11.6 Å². The maximum atomic E-state index is 15.2. The van der Waals surface area contributed by atoms with E-state index in [-0.39, 0.29) is 37.6 Å². The number of piperidine rings is 1. The molecular formula is C26H26F3NO3. The summed E-state index contributed by atoms with van der Waals surface area (Å²) < 4.78 is 54.1. The van der Waals surface area contributed by atoms with Crippen molar-refractivity contribution in [1.82, 2.24) is 4.90 Å². The number of hydrogen-bond acceptors (Lipinski definition) is 3. The minimum absolute atomic E-state index is 0.0337. The summed E-state index contributed by atoms with van der Waals surface area (Å²) in [5.41, 5.74) is 1.80. The number of ether oxygens (including phenoxy) is 1. The van der Waals surface area contributed by atoms with E-state index in [9.17, 15) is 13.6 Å². The van der Waals surface area contributed by atoms with E-state index in [0.29, 0.717) is 22.5 Å². The van der Waals surface area contributed by atoms with Crippen molar-refractivity contribution in [2.24, 2.45) is 0 Å². The Kier molecular flexibility index (Phi) is 5.59. The van der Waals surface area contributed by atoms with Crippen LogP contribution in [0.1, 0.15) is 55.1 Å². The molecule has 1 saturated heterocycles. The van der Waals surface area contributed by atoms with Crippen LogP contribution >= 0.6 is 0 Å². The molecule has 1 saturated carbocycles. The third-order valence-corrected chi connectivity index (χ3v) is 6.64. The van der Waals surface area contributed by atoms with Crippen molar-refractivity contribution in [1.29, 1.82) is 0 Å². The number of halogens is 3. The van der Waals surface area contributed by atoms with Crippen molar-refractivity contribution in [3.8, 4) is 16.9 Å². The van der Waals surface area contributed by atoms with Gasteiger partial charge in [-0.25, -0.2) is 13.2 Å². The molecule has 7 heteroatoms. The molecule has 1 aromatic heterocycles. The van der Waals surface area contributed by atoms with E-state index >= 15 is 4.39 Å². The first-order chi connectivity index (χ1) is 15.8. The molecule has 2 aromatic carbocycles. The number of benzene rings is 2. The normalized spacial score (nSPS) is 18.4. The van der Waals surface area contributed by atoms with Gasteiger partial charge >= 0.3 is 0 Å². The Hall–Kier alpha value is -2.96. The second kappa shape index (κ2) is 8.43. The van der Waals surface area contributed by atoms with Crippen molar-refractivity contribution in [2.45, 2.75) is 57.5 Å². The van der Waals surface area contributed by atoms with E-state index in [1.165, 1.54) is 11.0 Å². The zero-order valence-corrected chi connectivity index (χ0v) is 18.5. The van der Waals surface area contributed by atoms with Crippen molar-refractivity contribution >= 4 is 16.9 Å². The lowest BCUT2D eigenvalue weighted by Crippen LogP contribution is -2.42. The molecule has 2 heterocycles. The van der Waals surface area contributed by atoms with Crippen LogP contribution in [-0.4, -0.2) is 35.9 Å². The Morgan fingerprint density at radius 1 is 1.15 bits per heavy atom. The summed E-state index contributed by atoms with van der Waals surface area (Å²) in [6.07, 6.45) is 3.24. The molecule has 0 spiro atoms. The predicted molar refractivity (Wildman–Crippen MR) is 119 cm³/mol. The van der Waals surface area contributed by atoms with Gasteiger partial charge in [0.2, 0.25) is 0 Å². The number of rotatable bonds is 5. The van der Waals surface area contributed by atoms with Crippen molar-refractivity contribution in [3.05, 3.63) is 53.5 Å². The van der Waals surface area contributed by atoms with Crippen LogP contribution in [0.2, 0.25) is 0 Å². The van der Waals surface area contributed by atoms with Crippen molar-refractivity contribution in [3.63, 3.8) is 0 Å². The molecule has 33 heavy (non-hydrogen) atoms. The summed E-state index contributed by atoms with van der Waals surface area (Å²) >= 11 is 0. The fourth-order valence-electron chi connectivity index (χ4n) is 4.36. The molecule has 1 aliphatic carbocycles. The average molecular weight is 457 g/mol. The van der Waals surface area contributed by atoms with Gasteiger partial charge in [-0.15, -0.1) is 0 Å². The number of carbonyl (C=O) groups excluding carboxylic acids is 1. The summed E-state index contributed by atoms with van der Waals surface area (Å²) in [4.78, 5) is 14.1. The second-order valence-corrected chi connectivity index (χ2v) is 8.97. The fourth-order valence-corrected chi connectivity index (χ4v) is 4.36. The molecule has 0 radical (unpaired) electrons. The average Bonchev–Trinajstić information content (AvgIpc) is 3.19. The zero-order valence-electron chi connectivity index (χ0n) is 18.5. The molecular weight excluding hydrogens is 431 g/mol. The van der Waals surface area contributed by atoms with Gasteiger partial charge in [-0.2, -0.15) is 0 Å². The van der Waals surface area contributed by atoms with E-state index in [4.69, 9.17) is 9.15 Å². The summed E-state index contributed by atoms with van der Waals surface area (Å²) in [5, 5.41) is 0.840. The maximum absolute atomic E-state index is 15.2. The highest BCUT2D eigenvalue weighted by Gasteiger charge is 2.36. The molecule has 5 rings (SSSR count). The van der Waals surface area contributed by atoms with Gasteiger partial charge in [0.05, 0.1) is 6.10 Å². The molecule has 2 fully saturated rings. The smallest absolute Gasteiger partial charge is 0.253 e. The summed E-state index contributed by atoms with van der Waals surface area (Å²) in [7, 11) is 0. The van der Waals surface area contributed by atoms with Crippen molar-refractivity contribution < 1.29 is 27.1 Å². The number of furan rings is 1. The first kappa shape index (κ1) is 21.9. The fraction of sp³-hybridized carbons (Fsp3) is 0.423. The lowest BCUT2D eigenvalue weighted by Gasteiger charge is -2.31. The van der Waals surface area contributed by atoms with E-state index in [1.807, 2.05) is 19.1 Å². The van der Waals surface area contributed by atoms with Gasteiger partial charge in [-0.05, 0) is 55.2 Å². The Morgan fingerprint density at radius 3 is 2.55 bits per heavy atom. The molecule has 0 atom stereocenters. The maximum Gasteiger partial charge on any atom is 0.253 e. The number of likely N-dealkylation sites (tertiary alicyclic amines) is 1. The number of aryl methyl sites for hydroxylation is 1. The zero-order chi connectivity index (χ0) is 23.2. The number of alkyl halides is 2. The highest BCUT2D eigenvalue weighted by Crippen LogP contribution is 2.38. The molecule has 3 aromatic rings. The SMILES string of the molecule is CCc1cc2cc(-c3ccc(C(=O)N4CCC(F)(F)CC4)cc3F)cc(OC3CCC3)c2o1. The third-order valence-electron chi connectivity index (χ3n) is 6.64. The molecule has 0 bridgehead atoms.